The molecule has 2 rings (SSSR count). The molecular weight excluding hydrogens is 272 g/mol. The Morgan fingerprint density at radius 1 is 1.05 bits per heavy atom. The summed E-state index contributed by atoms with van der Waals surface area (Å²) in [5, 5.41) is 3.26. The molecule has 1 aliphatic heterocycles. The van der Waals surface area contributed by atoms with Crippen LogP contribution in [0.4, 0.5) is 0 Å². The lowest BCUT2D eigenvalue weighted by Gasteiger charge is -2.25. The molecule has 112 valence electrons. The summed E-state index contributed by atoms with van der Waals surface area (Å²) in [6.45, 7) is 5.20. The highest BCUT2D eigenvalue weighted by atomic mass is 32.2. The van der Waals surface area contributed by atoms with Gasteiger partial charge in [-0.15, -0.1) is 0 Å². The number of hydrogen-bond acceptors (Lipinski definition) is 3. The second kappa shape index (κ2) is 7.20. The van der Waals surface area contributed by atoms with Crippen molar-refractivity contribution in [3.8, 4) is 0 Å². The van der Waals surface area contributed by atoms with E-state index in [9.17, 15) is 8.42 Å². The van der Waals surface area contributed by atoms with Crippen LogP contribution < -0.4 is 5.32 Å². The lowest BCUT2D eigenvalue weighted by atomic mass is 10.1. The van der Waals surface area contributed by atoms with E-state index in [0.29, 0.717) is 13.1 Å². The molecule has 0 aromatic heterocycles. The van der Waals surface area contributed by atoms with E-state index in [2.05, 4.69) is 12.2 Å². The minimum absolute atomic E-state index is 0.120. The van der Waals surface area contributed by atoms with Crippen molar-refractivity contribution in [2.45, 2.75) is 38.5 Å². The molecule has 20 heavy (non-hydrogen) atoms. The molecule has 1 heterocycles. The van der Waals surface area contributed by atoms with Gasteiger partial charge in [0, 0.05) is 19.6 Å². The smallest absolute Gasteiger partial charge is 0.218 e. The quantitative estimate of drug-likeness (QED) is 0.874. The Bertz CT molecular complexity index is 505. The van der Waals surface area contributed by atoms with Crippen molar-refractivity contribution in [1.82, 2.24) is 9.62 Å². The number of benzene rings is 1. The molecule has 0 spiro atoms. The Morgan fingerprint density at radius 2 is 1.65 bits per heavy atom. The summed E-state index contributed by atoms with van der Waals surface area (Å²) in [4.78, 5) is 0. The molecule has 0 unspecified atom stereocenters. The minimum atomic E-state index is -3.15. The van der Waals surface area contributed by atoms with Gasteiger partial charge in [-0.25, -0.2) is 12.7 Å². The summed E-state index contributed by atoms with van der Waals surface area (Å²) >= 11 is 0. The fourth-order valence-electron chi connectivity index (χ4n) is 2.47. The molecule has 1 fully saturated rings. The van der Waals surface area contributed by atoms with E-state index >= 15 is 0 Å². The van der Waals surface area contributed by atoms with Crippen molar-refractivity contribution in [2.24, 2.45) is 0 Å². The molecule has 0 aliphatic carbocycles. The Morgan fingerprint density at radius 3 is 2.25 bits per heavy atom. The van der Waals surface area contributed by atoms with Crippen LogP contribution in [-0.2, 0) is 22.3 Å². The van der Waals surface area contributed by atoms with Crippen molar-refractivity contribution in [2.75, 3.05) is 19.6 Å². The molecule has 1 N–H and O–H groups in total. The number of hydrogen-bond donors (Lipinski definition) is 1. The minimum Gasteiger partial charge on any atom is -0.313 e. The highest BCUT2D eigenvalue weighted by molar-refractivity contribution is 7.88. The maximum atomic E-state index is 12.3. The molecule has 0 amide bonds. The normalized spacial score (nSPS) is 17.2. The zero-order valence-corrected chi connectivity index (χ0v) is 13.0. The first kappa shape index (κ1) is 15.5. The first-order valence-electron chi connectivity index (χ1n) is 7.38. The maximum absolute atomic E-state index is 12.3. The summed E-state index contributed by atoms with van der Waals surface area (Å²) in [6.07, 6.45) is 3.12. The van der Waals surface area contributed by atoms with Crippen LogP contribution in [-0.4, -0.2) is 32.4 Å². The van der Waals surface area contributed by atoms with Gasteiger partial charge in [0.05, 0.1) is 5.75 Å². The number of piperidine rings is 1. The third-order valence-corrected chi connectivity index (χ3v) is 5.51. The van der Waals surface area contributed by atoms with Crippen LogP contribution in [0.2, 0.25) is 0 Å². The molecule has 0 radical (unpaired) electrons. The van der Waals surface area contributed by atoms with Crippen molar-refractivity contribution in [3.05, 3.63) is 35.4 Å². The van der Waals surface area contributed by atoms with E-state index in [1.165, 1.54) is 5.56 Å². The molecule has 1 aromatic carbocycles. The van der Waals surface area contributed by atoms with Gasteiger partial charge in [-0.05, 0) is 30.5 Å². The standard InChI is InChI=1S/C15H24N2O2S/c1-2-16-12-14-6-8-15(9-7-14)13-20(18,19)17-10-4-3-5-11-17/h6-9,16H,2-5,10-13H2,1H3. The molecule has 0 bridgehead atoms. The van der Waals surface area contributed by atoms with Gasteiger partial charge < -0.3 is 5.32 Å². The maximum Gasteiger partial charge on any atom is 0.218 e. The zero-order chi connectivity index (χ0) is 14.4. The molecule has 5 heteroatoms. The second-order valence-electron chi connectivity index (χ2n) is 5.31. The van der Waals surface area contributed by atoms with Crippen LogP contribution in [0.15, 0.2) is 24.3 Å². The Hall–Kier alpha value is -0.910. The predicted molar refractivity (Wildman–Crippen MR) is 81.9 cm³/mol. The molecule has 4 nitrogen and oxygen atoms in total. The first-order chi connectivity index (χ1) is 9.62. The van der Waals surface area contributed by atoms with Crippen molar-refractivity contribution < 1.29 is 8.42 Å². The number of nitrogens with zero attached hydrogens (tertiary/aromatic N) is 1. The average molecular weight is 296 g/mol. The molecular formula is C15H24N2O2S. The van der Waals surface area contributed by atoms with E-state index < -0.39 is 10.0 Å². The topological polar surface area (TPSA) is 49.4 Å². The summed E-state index contributed by atoms with van der Waals surface area (Å²) < 4.78 is 26.3. The largest absolute Gasteiger partial charge is 0.313 e. The van der Waals surface area contributed by atoms with Gasteiger partial charge in [-0.3, -0.25) is 0 Å². The van der Waals surface area contributed by atoms with Gasteiger partial charge in [0.2, 0.25) is 10.0 Å². The summed E-state index contributed by atoms with van der Waals surface area (Å²) in [6, 6.07) is 7.86. The summed E-state index contributed by atoms with van der Waals surface area (Å²) in [5.74, 6) is 0.120. The van der Waals surface area contributed by atoms with Crippen molar-refractivity contribution in [1.29, 1.82) is 0 Å². The number of nitrogens with one attached hydrogen (secondary N) is 1. The second-order valence-corrected chi connectivity index (χ2v) is 7.28. The third kappa shape index (κ3) is 4.30. The molecule has 1 saturated heterocycles. The van der Waals surface area contributed by atoms with Gasteiger partial charge in [-0.1, -0.05) is 37.6 Å². The van der Waals surface area contributed by atoms with E-state index in [-0.39, 0.29) is 5.75 Å². The first-order valence-corrected chi connectivity index (χ1v) is 8.99. The average Bonchev–Trinajstić information content (AvgIpc) is 2.47. The number of sulfonamides is 1. The van der Waals surface area contributed by atoms with Crippen LogP contribution in [0.1, 0.15) is 37.3 Å². The fourth-order valence-corrected chi connectivity index (χ4v) is 4.08. The van der Waals surface area contributed by atoms with E-state index in [0.717, 1.165) is 37.9 Å². The Kier molecular flexibility index (Phi) is 5.57. The Balaban J connectivity index is 1.98. The number of rotatable bonds is 6. The van der Waals surface area contributed by atoms with E-state index in [1.807, 2.05) is 24.3 Å². The van der Waals surface area contributed by atoms with Gasteiger partial charge in [0.25, 0.3) is 0 Å². The van der Waals surface area contributed by atoms with Crippen molar-refractivity contribution in [3.63, 3.8) is 0 Å². The van der Waals surface area contributed by atoms with Crippen LogP contribution >= 0.6 is 0 Å². The van der Waals surface area contributed by atoms with Gasteiger partial charge in [0.1, 0.15) is 0 Å². The van der Waals surface area contributed by atoms with Crippen LogP contribution in [0, 0.1) is 0 Å². The van der Waals surface area contributed by atoms with Crippen molar-refractivity contribution >= 4 is 10.0 Å². The SMILES string of the molecule is CCNCc1ccc(CS(=O)(=O)N2CCCCC2)cc1. The Labute approximate surface area is 122 Å². The van der Waals surface area contributed by atoms with Crippen LogP contribution in [0.3, 0.4) is 0 Å². The lowest BCUT2D eigenvalue weighted by molar-refractivity contribution is 0.346. The fraction of sp³-hybridized carbons (Fsp3) is 0.600. The summed E-state index contributed by atoms with van der Waals surface area (Å²) in [5.41, 5.74) is 2.06. The molecule has 0 saturated carbocycles. The molecule has 1 aromatic rings. The highest BCUT2D eigenvalue weighted by Crippen LogP contribution is 2.17. The van der Waals surface area contributed by atoms with Gasteiger partial charge >= 0.3 is 0 Å². The van der Waals surface area contributed by atoms with E-state index in [1.54, 1.807) is 4.31 Å². The summed E-state index contributed by atoms with van der Waals surface area (Å²) in [7, 11) is -3.15. The molecule has 0 atom stereocenters. The van der Waals surface area contributed by atoms with Crippen LogP contribution in [0.5, 0.6) is 0 Å². The molecule has 1 aliphatic rings. The van der Waals surface area contributed by atoms with Crippen LogP contribution in [0.25, 0.3) is 0 Å². The van der Waals surface area contributed by atoms with Gasteiger partial charge in [0.15, 0.2) is 0 Å². The third-order valence-electron chi connectivity index (χ3n) is 3.66. The predicted octanol–water partition coefficient (Wildman–Crippen LogP) is 2.11. The zero-order valence-electron chi connectivity index (χ0n) is 12.1. The van der Waals surface area contributed by atoms with Gasteiger partial charge in [-0.2, -0.15) is 0 Å². The monoisotopic (exact) mass is 296 g/mol. The van der Waals surface area contributed by atoms with E-state index in [4.69, 9.17) is 0 Å². The lowest BCUT2D eigenvalue weighted by Crippen LogP contribution is -2.36. The highest BCUT2D eigenvalue weighted by Gasteiger charge is 2.23.